The molecule has 1 aliphatic heterocycles. The van der Waals surface area contributed by atoms with Gasteiger partial charge in [-0.25, -0.2) is 23.7 Å². The van der Waals surface area contributed by atoms with Crippen molar-refractivity contribution in [1.82, 2.24) is 19.5 Å². The van der Waals surface area contributed by atoms with Gasteiger partial charge in [-0.1, -0.05) is 5.11 Å². The van der Waals surface area contributed by atoms with Crippen molar-refractivity contribution in [2.24, 2.45) is 5.11 Å². The third-order valence-corrected chi connectivity index (χ3v) is 7.97. The molecule has 2 aromatic heterocycles. The molecule has 3 unspecified atom stereocenters. The van der Waals surface area contributed by atoms with E-state index in [9.17, 15) is 33.4 Å². The van der Waals surface area contributed by atoms with Crippen LogP contribution in [0.3, 0.4) is 0 Å². The number of imidazole rings is 1. The van der Waals surface area contributed by atoms with E-state index in [4.69, 9.17) is 20.1 Å². The Morgan fingerprint density at radius 1 is 1.26 bits per heavy atom. The SMILES string of the molecule is Cc1nc2c(ncn2[C@@H]2O[C@H](COP(=O)(O)OP(=O)(O)OP(=O)(O)O)[C@H](O)C2N=[N+]=[N-])c(=O)[nH]1. The highest BCUT2D eigenvalue weighted by Gasteiger charge is 2.47. The van der Waals surface area contributed by atoms with Gasteiger partial charge < -0.3 is 34.4 Å². The van der Waals surface area contributed by atoms with E-state index in [1.54, 1.807) is 0 Å². The van der Waals surface area contributed by atoms with Crippen LogP contribution in [-0.4, -0.2) is 69.1 Å². The fourth-order valence-electron chi connectivity index (χ4n) is 2.97. The molecule has 0 aliphatic carbocycles. The number of phosphoric acid groups is 3. The molecule has 0 bridgehead atoms. The molecular formula is C11H16N7O13P3. The van der Waals surface area contributed by atoms with Crippen LogP contribution in [0, 0.1) is 6.92 Å². The molecule has 3 heterocycles. The van der Waals surface area contributed by atoms with Gasteiger partial charge in [0, 0.05) is 4.91 Å². The number of ether oxygens (including phenoxy) is 1. The lowest BCUT2D eigenvalue weighted by atomic mass is 10.1. The Bertz CT molecular complexity index is 1330. The summed E-state index contributed by atoms with van der Waals surface area (Å²) in [5.41, 5.74) is 8.18. The van der Waals surface area contributed by atoms with Crippen LogP contribution in [0.15, 0.2) is 16.2 Å². The first kappa shape index (κ1) is 26.6. The summed E-state index contributed by atoms with van der Waals surface area (Å²) in [5.74, 6) is 0.210. The highest BCUT2D eigenvalue weighted by atomic mass is 31.3. The zero-order valence-corrected chi connectivity index (χ0v) is 19.3. The average Bonchev–Trinajstić information content (AvgIpc) is 3.19. The lowest BCUT2D eigenvalue weighted by Gasteiger charge is -2.19. The molecule has 34 heavy (non-hydrogen) atoms. The number of nitrogens with zero attached hydrogens (tertiary/aromatic N) is 6. The minimum absolute atomic E-state index is 0.00475. The molecule has 6 atom stereocenters. The van der Waals surface area contributed by atoms with Gasteiger partial charge in [0.05, 0.1) is 19.0 Å². The molecule has 0 amide bonds. The normalized spacial score (nSPS) is 26.6. The van der Waals surface area contributed by atoms with Gasteiger partial charge in [-0.15, -0.1) is 0 Å². The molecule has 3 rings (SSSR count). The molecule has 0 aromatic carbocycles. The monoisotopic (exact) mass is 547 g/mol. The Morgan fingerprint density at radius 3 is 2.56 bits per heavy atom. The Kier molecular flexibility index (Phi) is 7.48. The summed E-state index contributed by atoms with van der Waals surface area (Å²) < 4.78 is 52.3. The van der Waals surface area contributed by atoms with E-state index < -0.39 is 60.1 Å². The molecule has 0 spiro atoms. The fraction of sp³-hybridized carbons (Fsp3) is 0.545. The summed E-state index contributed by atoms with van der Waals surface area (Å²) in [7, 11) is -16.8. The van der Waals surface area contributed by atoms with Gasteiger partial charge in [0.1, 0.15) is 24.2 Å². The number of H-pyrrole nitrogens is 1. The largest absolute Gasteiger partial charge is 0.490 e. The minimum atomic E-state index is -5.75. The van der Waals surface area contributed by atoms with E-state index in [0.717, 1.165) is 6.33 Å². The maximum absolute atomic E-state index is 12.0. The van der Waals surface area contributed by atoms with E-state index in [2.05, 4.69) is 38.1 Å². The van der Waals surface area contributed by atoms with Gasteiger partial charge in [0.25, 0.3) is 5.56 Å². The van der Waals surface area contributed by atoms with Crippen LogP contribution in [-0.2, 0) is 31.6 Å². The fourth-order valence-corrected chi connectivity index (χ4v) is 6.00. The number of nitrogens with one attached hydrogen (secondary N) is 1. The Morgan fingerprint density at radius 2 is 1.94 bits per heavy atom. The van der Waals surface area contributed by atoms with Gasteiger partial charge in [0.15, 0.2) is 11.2 Å². The molecule has 20 nitrogen and oxygen atoms in total. The quantitative estimate of drug-likeness (QED) is 0.102. The smallest absolute Gasteiger partial charge is 0.390 e. The number of aliphatic hydroxyl groups excluding tert-OH is 1. The predicted octanol–water partition coefficient (Wildman–Crippen LogP) is -0.291. The summed E-state index contributed by atoms with van der Waals surface area (Å²) >= 11 is 0. The van der Waals surface area contributed by atoms with Gasteiger partial charge in [-0.2, -0.15) is 8.62 Å². The van der Waals surface area contributed by atoms with Crippen molar-refractivity contribution in [2.75, 3.05) is 6.61 Å². The van der Waals surface area contributed by atoms with E-state index in [1.165, 1.54) is 11.5 Å². The maximum Gasteiger partial charge on any atom is 0.490 e. The second kappa shape index (κ2) is 9.56. The second-order valence-electron chi connectivity index (χ2n) is 6.61. The van der Waals surface area contributed by atoms with Crippen LogP contribution >= 0.6 is 23.5 Å². The highest BCUT2D eigenvalue weighted by molar-refractivity contribution is 7.66. The van der Waals surface area contributed by atoms with Gasteiger partial charge in [0.2, 0.25) is 0 Å². The number of aromatic amines is 1. The number of fused-ring (bicyclic) bond motifs is 1. The standard InChI is InChI=1S/C11H16N7O13P3/c1-4-14-9-7(10(20)15-4)13-3-18(9)11-6(16-17-12)8(19)5(29-11)2-28-33(24,25)31-34(26,27)30-32(21,22)23/h3,5-6,8,11,19H,2H2,1H3,(H,24,25)(H,26,27)(H,14,15,20)(H2,21,22,23)/t5-,6?,8+,11-/m1/s1. The number of phosphoric ester groups is 1. The van der Waals surface area contributed by atoms with Crippen LogP contribution in [0.5, 0.6) is 0 Å². The number of aliphatic hydroxyl groups is 1. The van der Waals surface area contributed by atoms with Crippen LogP contribution in [0.25, 0.3) is 21.6 Å². The first-order chi connectivity index (χ1) is 15.6. The summed E-state index contributed by atoms with van der Waals surface area (Å²) in [4.78, 5) is 60.9. The Labute approximate surface area is 187 Å². The highest BCUT2D eigenvalue weighted by Crippen LogP contribution is 2.66. The zero-order chi connectivity index (χ0) is 25.5. The van der Waals surface area contributed by atoms with Crippen LogP contribution in [0.4, 0.5) is 0 Å². The summed E-state index contributed by atoms with van der Waals surface area (Å²) in [5, 5.41) is 13.9. The molecule has 6 N–H and O–H groups in total. The number of azide groups is 1. The summed E-state index contributed by atoms with van der Waals surface area (Å²) in [6, 6.07) is -1.38. The average molecular weight is 547 g/mol. The third-order valence-electron chi connectivity index (χ3n) is 4.16. The van der Waals surface area contributed by atoms with Crippen molar-refractivity contribution < 1.29 is 56.3 Å². The minimum Gasteiger partial charge on any atom is -0.390 e. The Balaban J connectivity index is 1.81. The van der Waals surface area contributed by atoms with Gasteiger partial charge in [-0.3, -0.25) is 13.9 Å². The summed E-state index contributed by atoms with van der Waals surface area (Å²) in [6.07, 6.45) is -3.38. The van der Waals surface area contributed by atoms with E-state index in [-0.39, 0.29) is 17.0 Å². The molecule has 1 fully saturated rings. The van der Waals surface area contributed by atoms with Crippen LogP contribution in [0.2, 0.25) is 0 Å². The number of hydrogen-bond donors (Lipinski definition) is 6. The molecule has 188 valence electrons. The zero-order valence-electron chi connectivity index (χ0n) is 16.6. The molecule has 1 saturated heterocycles. The molecule has 1 aliphatic rings. The topological polar surface area (TPSA) is 302 Å². The second-order valence-corrected chi connectivity index (χ2v) is 11.0. The number of rotatable bonds is 9. The molecule has 2 aromatic rings. The maximum atomic E-state index is 12.0. The van der Waals surface area contributed by atoms with Gasteiger partial charge >= 0.3 is 23.5 Å². The predicted molar refractivity (Wildman–Crippen MR) is 106 cm³/mol. The molecule has 0 radical (unpaired) electrons. The third kappa shape index (κ3) is 6.16. The first-order valence-corrected chi connectivity index (χ1v) is 13.2. The van der Waals surface area contributed by atoms with Crippen molar-refractivity contribution in [1.29, 1.82) is 0 Å². The number of hydrogen-bond acceptors (Lipinski definition) is 12. The lowest BCUT2D eigenvalue weighted by Crippen LogP contribution is -2.32. The van der Waals surface area contributed by atoms with Crippen LogP contribution < -0.4 is 5.56 Å². The molecular weight excluding hydrogens is 531 g/mol. The van der Waals surface area contributed by atoms with E-state index >= 15 is 0 Å². The van der Waals surface area contributed by atoms with Gasteiger partial charge in [-0.05, 0) is 12.5 Å². The van der Waals surface area contributed by atoms with Crippen molar-refractivity contribution in [3.63, 3.8) is 0 Å². The number of aryl methyl sites for hydroxylation is 1. The summed E-state index contributed by atoms with van der Waals surface area (Å²) in [6.45, 7) is 0.484. The van der Waals surface area contributed by atoms with Crippen molar-refractivity contribution >= 4 is 34.6 Å². The van der Waals surface area contributed by atoms with Crippen molar-refractivity contribution in [3.8, 4) is 0 Å². The van der Waals surface area contributed by atoms with E-state index in [0.29, 0.717) is 0 Å². The Hall–Kier alpha value is -2.01. The van der Waals surface area contributed by atoms with Crippen LogP contribution in [0.1, 0.15) is 12.1 Å². The molecule has 0 saturated carbocycles. The first-order valence-electron chi connectivity index (χ1n) is 8.72. The van der Waals surface area contributed by atoms with E-state index in [1.807, 2.05) is 0 Å². The van der Waals surface area contributed by atoms with Crippen molar-refractivity contribution in [2.45, 2.75) is 31.4 Å². The lowest BCUT2D eigenvalue weighted by molar-refractivity contribution is -0.0428. The number of aromatic nitrogens is 4. The van der Waals surface area contributed by atoms with Crippen molar-refractivity contribution in [3.05, 3.63) is 32.9 Å². The molecule has 23 heteroatoms.